The maximum absolute atomic E-state index is 12.8. The molecule has 0 radical (unpaired) electrons. The molecule has 2 atom stereocenters. The Balaban J connectivity index is 1.59. The number of hydrogen-bond acceptors (Lipinski definition) is 4. The van der Waals surface area contributed by atoms with E-state index in [0.717, 1.165) is 5.56 Å². The molecule has 2 unspecified atom stereocenters. The van der Waals surface area contributed by atoms with E-state index in [1.165, 1.54) is 12.3 Å². The zero-order valence-electron chi connectivity index (χ0n) is 14.4. The van der Waals surface area contributed by atoms with Gasteiger partial charge in [0.25, 0.3) is 5.91 Å². The monoisotopic (exact) mass is 343 g/mol. The largest absolute Gasteiger partial charge is 0.372 e. The number of benzene rings is 1. The number of pyridine rings is 1. The normalized spacial score (nSPS) is 20.4. The van der Waals surface area contributed by atoms with Crippen molar-refractivity contribution in [3.63, 3.8) is 0 Å². The molecular formula is C19H22FN3O2. The molecule has 1 saturated heterocycles. The van der Waals surface area contributed by atoms with Crippen molar-refractivity contribution in [2.24, 2.45) is 0 Å². The third kappa shape index (κ3) is 4.54. The van der Waals surface area contributed by atoms with E-state index < -0.39 is 0 Å². The van der Waals surface area contributed by atoms with Crippen molar-refractivity contribution in [3.8, 4) is 0 Å². The first-order valence-electron chi connectivity index (χ1n) is 8.40. The van der Waals surface area contributed by atoms with Gasteiger partial charge in [0.15, 0.2) is 0 Å². The first kappa shape index (κ1) is 17.4. The van der Waals surface area contributed by atoms with Crippen LogP contribution in [0.15, 0.2) is 42.6 Å². The second-order valence-corrected chi connectivity index (χ2v) is 6.38. The highest BCUT2D eigenvalue weighted by atomic mass is 19.1. The van der Waals surface area contributed by atoms with Crippen LogP contribution >= 0.6 is 0 Å². The number of anilines is 1. The highest BCUT2D eigenvalue weighted by molar-refractivity contribution is 5.94. The van der Waals surface area contributed by atoms with E-state index >= 15 is 0 Å². The minimum absolute atomic E-state index is 0.0294. The predicted octanol–water partition coefficient (Wildman–Crippen LogP) is 3.08. The molecule has 3 rings (SSSR count). The summed E-state index contributed by atoms with van der Waals surface area (Å²) in [6, 6.07) is 10.5. The molecule has 6 heteroatoms. The molecule has 1 fully saturated rings. The molecule has 1 aromatic carbocycles. The van der Waals surface area contributed by atoms with Gasteiger partial charge in [-0.05, 0) is 43.7 Å². The summed E-state index contributed by atoms with van der Waals surface area (Å²) in [4.78, 5) is 18.4. The van der Waals surface area contributed by atoms with Crippen LogP contribution in [0.1, 0.15) is 29.8 Å². The summed E-state index contributed by atoms with van der Waals surface area (Å²) in [6.45, 7) is 5.74. The van der Waals surface area contributed by atoms with Crippen molar-refractivity contribution in [1.29, 1.82) is 0 Å². The highest BCUT2D eigenvalue weighted by Crippen LogP contribution is 2.15. The van der Waals surface area contributed by atoms with Crippen molar-refractivity contribution in [2.45, 2.75) is 32.6 Å². The first-order chi connectivity index (χ1) is 12.0. The summed E-state index contributed by atoms with van der Waals surface area (Å²) in [5.74, 6) is 0.278. The van der Waals surface area contributed by atoms with E-state index in [2.05, 4.69) is 10.3 Å². The number of carbonyl (C=O) groups excluding carboxylic acids is 1. The number of morpholine rings is 1. The second-order valence-electron chi connectivity index (χ2n) is 6.38. The van der Waals surface area contributed by atoms with Gasteiger partial charge in [0.1, 0.15) is 11.6 Å². The quantitative estimate of drug-likeness (QED) is 0.927. The third-order valence-corrected chi connectivity index (χ3v) is 4.11. The number of hydrogen-bond donors (Lipinski definition) is 1. The Bertz CT molecular complexity index is 708. The summed E-state index contributed by atoms with van der Waals surface area (Å²) in [5, 5.41) is 3.12. The third-order valence-electron chi connectivity index (χ3n) is 4.11. The van der Waals surface area contributed by atoms with Gasteiger partial charge in [0, 0.05) is 25.2 Å². The molecule has 2 aromatic rings. The van der Waals surface area contributed by atoms with E-state index in [9.17, 15) is 9.18 Å². The summed E-state index contributed by atoms with van der Waals surface area (Å²) < 4.78 is 18.5. The molecule has 25 heavy (non-hydrogen) atoms. The number of amides is 1. The molecule has 0 saturated carbocycles. The van der Waals surface area contributed by atoms with Crippen LogP contribution in [0, 0.1) is 5.82 Å². The molecule has 1 N–H and O–H groups in total. The zero-order chi connectivity index (χ0) is 17.8. The van der Waals surface area contributed by atoms with Crippen molar-refractivity contribution in [2.75, 3.05) is 18.4 Å². The summed E-state index contributed by atoms with van der Waals surface area (Å²) in [5.41, 5.74) is 1.69. The van der Waals surface area contributed by atoms with Crippen molar-refractivity contribution in [3.05, 3.63) is 59.5 Å². The standard InChI is InChI=1S/C19H22FN3O2/c1-13-11-23(12-14(2)25-13)19(24)16-5-3-15(4-6-16)9-21-18-8-7-17(20)10-22-18/h3-8,10,13-14H,9,11-12H2,1-2H3,(H,21,22). The van der Waals surface area contributed by atoms with Crippen LogP contribution in [0.25, 0.3) is 0 Å². The number of carbonyl (C=O) groups is 1. The number of halogens is 1. The van der Waals surface area contributed by atoms with Crippen molar-refractivity contribution < 1.29 is 13.9 Å². The predicted molar refractivity (Wildman–Crippen MR) is 93.9 cm³/mol. The Hall–Kier alpha value is -2.47. The number of nitrogens with zero attached hydrogens (tertiary/aromatic N) is 2. The van der Waals surface area contributed by atoms with Crippen LogP contribution in [-0.2, 0) is 11.3 Å². The van der Waals surface area contributed by atoms with Gasteiger partial charge in [-0.2, -0.15) is 0 Å². The molecule has 5 nitrogen and oxygen atoms in total. The van der Waals surface area contributed by atoms with Crippen LogP contribution in [0.5, 0.6) is 0 Å². The van der Waals surface area contributed by atoms with E-state index in [-0.39, 0.29) is 23.9 Å². The fourth-order valence-corrected chi connectivity index (χ4v) is 2.96. The molecule has 2 heterocycles. The summed E-state index contributed by atoms with van der Waals surface area (Å²) >= 11 is 0. The van der Waals surface area contributed by atoms with Gasteiger partial charge in [0.2, 0.25) is 0 Å². The maximum atomic E-state index is 12.8. The molecule has 0 spiro atoms. The van der Waals surface area contributed by atoms with Crippen LogP contribution in [0.2, 0.25) is 0 Å². The lowest BCUT2D eigenvalue weighted by Gasteiger charge is -2.35. The fourth-order valence-electron chi connectivity index (χ4n) is 2.96. The van der Waals surface area contributed by atoms with Crippen LogP contribution in [0.4, 0.5) is 10.2 Å². The molecule has 0 bridgehead atoms. The van der Waals surface area contributed by atoms with Crippen LogP contribution in [0.3, 0.4) is 0 Å². The van der Waals surface area contributed by atoms with Crippen LogP contribution in [-0.4, -0.2) is 41.1 Å². The Morgan fingerprint density at radius 3 is 2.48 bits per heavy atom. The lowest BCUT2D eigenvalue weighted by atomic mass is 10.1. The van der Waals surface area contributed by atoms with Crippen molar-refractivity contribution >= 4 is 11.7 Å². The minimum atomic E-state index is -0.361. The van der Waals surface area contributed by atoms with E-state index in [1.54, 1.807) is 6.07 Å². The molecular weight excluding hydrogens is 321 g/mol. The highest BCUT2D eigenvalue weighted by Gasteiger charge is 2.26. The zero-order valence-corrected chi connectivity index (χ0v) is 14.4. The maximum Gasteiger partial charge on any atom is 0.254 e. The van der Waals surface area contributed by atoms with Gasteiger partial charge in [-0.3, -0.25) is 4.79 Å². The lowest BCUT2D eigenvalue weighted by molar-refractivity contribution is -0.0586. The topological polar surface area (TPSA) is 54.5 Å². The molecule has 1 aliphatic heterocycles. The average Bonchev–Trinajstić information content (AvgIpc) is 2.60. The van der Waals surface area contributed by atoms with Gasteiger partial charge in [-0.25, -0.2) is 9.37 Å². The number of aromatic nitrogens is 1. The molecule has 1 aromatic heterocycles. The molecule has 1 aliphatic rings. The molecule has 0 aliphatic carbocycles. The Morgan fingerprint density at radius 1 is 1.20 bits per heavy atom. The second kappa shape index (κ2) is 7.61. The van der Waals surface area contributed by atoms with E-state index in [1.807, 2.05) is 43.0 Å². The smallest absolute Gasteiger partial charge is 0.254 e. The molecule has 1 amide bonds. The first-order valence-corrected chi connectivity index (χ1v) is 8.40. The van der Waals surface area contributed by atoms with Gasteiger partial charge >= 0.3 is 0 Å². The summed E-state index contributed by atoms with van der Waals surface area (Å²) in [6.07, 6.45) is 1.28. The SMILES string of the molecule is CC1CN(C(=O)c2ccc(CNc3ccc(F)cn3)cc2)CC(C)O1. The number of nitrogens with one attached hydrogen (secondary N) is 1. The number of ether oxygens (including phenoxy) is 1. The van der Waals surface area contributed by atoms with Crippen molar-refractivity contribution in [1.82, 2.24) is 9.88 Å². The minimum Gasteiger partial charge on any atom is -0.372 e. The Morgan fingerprint density at radius 2 is 1.88 bits per heavy atom. The fraction of sp³-hybridized carbons (Fsp3) is 0.368. The Kier molecular flexibility index (Phi) is 5.28. The van der Waals surface area contributed by atoms with E-state index in [4.69, 9.17) is 4.74 Å². The van der Waals surface area contributed by atoms with Crippen LogP contribution < -0.4 is 5.32 Å². The lowest BCUT2D eigenvalue weighted by Crippen LogP contribution is -2.48. The van der Waals surface area contributed by atoms with Gasteiger partial charge < -0.3 is 15.0 Å². The summed E-state index contributed by atoms with van der Waals surface area (Å²) in [7, 11) is 0. The molecule has 132 valence electrons. The van der Waals surface area contributed by atoms with Gasteiger partial charge in [-0.15, -0.1) is 0 Å². The van der Waals surface area contributed by atoms with Gasteiger partial charge in [-0.1, -0.05) is 12.1 Å². The number of rotatable bonds is 4. The van der Waals surface area contributed by atoms with E-state index in [0.29, 0.717) is 31.0 Å². The Labute approximate surface area is 146 Å². The average molecular weight is 343 g/mol. The van der Waals surface area contributed by atoms with Gasteiger partial charge in [0.05, 0.1) is 18.4 Å².